The third-order valence-electron chi connectivity index (χ3n) is 5.34. The van der Waals surface area contributed by atoms with Gasteiger partial charge in [0.05, 0.1) is 23.2 Å². The van der Waals surface area contributed by atoms with E-state index < -0.39 is 23.5 Å². The number of halogens is 2. The molecule has 4 rings (SSSR count). The Morgan fingerprint density at radius 3 is 2.41 bits per heavy atom. The summed E-state index contributed by atoms with van der Waals surface area (Å²) in [4.78, 5) is 27.6. The first-order valence-electron chi connectivity index (χ1n) is 9.79. The maximum Gasteiger partial charge on any atom is 0.300 e. The van der Waals surface area contributed by atoms with Gasteiger partial charge < -0.3 is 9.84 Å². The van der Waals surface area contributed by atoms with E-state index in [2.05, 4.69) is 15.9 Å². The lowest BCUT2D eigenvalue weighted by molar-refractivity contribution is -0.132. The predicted molar refractivity (Wildman–Crippen MR) is 123 cm³/mol. The van der Waals surface area contributed by atoms with Gasteiger partial charge in [-0.15, -0.1) is 0 Å². The van der Waals surface area contributed by atoms with Gasteiger partial charge in [-0.1, -0.05) is 24.3 Å². The van der Waals surface area contributed by atoms with Crippen LogP contribution in [0.15, 0.2) is 76.8 Å². The molecule has 1 saturated heterocycles. The number of amides is 1. The lowest BCUT2D eigenvalue weighted by atomic mass is 9.95. The predicted octanol–water partition coefficient (Wildman–Crippen LogP) is 5.53. The van der Waals surface area contributed by atoms with Crippen molar-refractivity contribution in [3.8, 4) is 5.75 Å². The summed E-state index contributed by atoms with van der Waals surface area (Å²) in [5, 5.41) is 11.1. The van der Waals surface area contributed by atoms with E-state index in [1.165, 1.54) is 36.3 Å². The molecule has 1 amide bonds. The van der Waals surface area contributed by atoms with E-state index in [9.17, 15) is 19.1 Å². The number of hydrogen-bond acceptors (Lipinski definition) is 4. The zero-order chi connectivity index (χ0) is 23.0. The van der Waals surface area contributed by atoms with Crippen LogP contribution in [-0.4, -0.2) is 23.9 Å². The minimum absolute atomic E-state index is 0.0693. The Morgan fingerprint density at radius 1 is 1.06 bits per heavy atom. The van der Waals surface area contributed by atoms with Crippen molar-refractivity contribution in [2.45, 2.75) is 13.0 Å². The molecule has 0 aromatic heterocycles. The van der Waals surface area contributed by atoms with E-state index in [1.807, 2.05) is 13.0 Å². The van der Waals surface area contributed by atoms with Gasteiger partial charge in [-0.25, -0.2) is 4.39 Å². The van der Waals surface area contributed by atoms with Crippen molar-refractivity contribution in [2.24, 2.45) is 0 Å². The normalized spacial score (nSPS) is 17.6. The number of nitrogens with zero attached hydrogens (tertiary/aromatic N) is 1. The van der Waals surface area contributed by atoms with E-state index in [1.54, 1.807) is 36.4 Å². The van der Waals surface area contributed by atoms with Crippen molar-refractivity contribution in [1.82, 2.24) is 0 Å². The first kappa shape index (κ1) is 21.8. The van der Waals surface area contributed by atoms with E-state index >= 15 is 0 Å². The Morgan fingerprint density at radius 2 is 1.78 bits per heavy atom. The molecule has 1 heterocycles. The van der Waals surface area contributed by atoms with E-state index in [4.69, 9.17) is 4.74 Å². The molecule has 0 aliphatic carbocycles. The molecule has 5 nitrogen and oxygen atoms in total. The van der Waals surface area contributed by atoms with Gasteiger partial charge >= 0.3 is 0 Å². The number of rotatable bonds is 4. The lowest BCUT2D eigenvalue weighted by Crippen LogP contribution is -2.29. The topological polar surface area (TPSA) is 66.8 Å². The number of hydrogen-bond donors (Lipinski definition) is 1. The van der Waals surface area contributed by atoms with Gasteiger partial charge in [-0.05, 0) is 76.4 Å². The minimum Gasteiger partial charge on any atom is -0.507 e. The van der Waals surface area contributed by atoms with E-state index in [0.29, 0.717) is 27.0 Å². The highest BCUT2D eigenvalue weighted by atomic mass is 79.9. The molecule has 0 radical (unpaired) electrons. The smallest absolute Gasteiger partial charge is 0.300 e. The molecular formula is C25H19BrFNO4. The number of carbonyl (C=O) groups is 2. The molecule has 1 unspecified atom stereocenters. The fourth-order valence-electron chi connectivity index (χ4n) is 3.81. The summed E-state index contributed by atoms with van der Waals surface area (Å²) in [7, 11) is 1.52. The summed E-state index contributed by atoms with van der Waals surface area (Å²) in [6, 6.07) is 16.6. The summed E-state index contributed by atoms with van der Waals surface area (Å²) in [5.41, 5.74) is 2.19. The van der Waals surface area contributed by atoms with Gasteiger partial charge in [0.1, 0.15) is 17.3 Å². The largest absolute Gasteiger partial charge is 0.507 e. The molecular weight excluding hydrogens is 477 g/mol. The summed E-state index contributed by atoms with van der Waals surface area (Å²) in [6.07, 6.45) is 0. The molecule has 1 aliphatic heterocycles. The van der Waals surface area contributed by atoms with Gasteiger partial charge in [-0.2, -0.15) is 0 Å². The van der Waals surface area contributed by atoms with Crippen LogP contribution in [0.3, 0.4) is 0 Å². The highest BCUT2D eigenvalue weighted by molar-refractivity contribution is 9.10. The standard InChI is InChI=1S/C25H19BrFNO4/c1-14-4-3-5-18(12-14)28-22(15-6-9-17(27)10-7-15)21(24(30)25(28)31)23(29)16-8-11-20(32-2)19(26)13-16/h3-13,22,29H,1-2H3/b23-21-. The van der Waals surface area contributed by atoms with Crippen LogP contribution in [0.5, 0.6) is 5.75 Å². The summed E-state index contributed by atoms with van der Waals surface area (Å²) >= 11 is 3.37. The van der Waals surface area contributed by atoms with Crippen molar-refractivity contribution in [2.75, 3.05) is 12.0 Å². The first-order valence-corrected chi connectivity index (χ1v) is 10.6. The molecule has 1 fully saturated rings. The van der Waals surface area contributed by atoms with Gasteiger partial charge in [0, 0.05) is 11.3 Å². The van der Waals surface area contributed by atoms with Gasteiger partial charge in [0.15, 0.2) is 0 Å². The number of ether oxygens (including phenoxy) is 1. The summed E-state index contributed by atoms with van der Waals surface area (Å²) < 4.78 is 19.4. The van der Waals surface area contributed by atoms with Crippen LogP contribution in [0.2, 0.25) is 0 Å². The van der Waals surface area contributed by atoms with Crippen molar-refractivity contribution in [3.05, 3.63) is 99.3 Å². The summed E-state index contributed by atoms with van der Waals surface area (Å²) in [5.74, 6) is -1.79. The average Bonchev–Trinajstić information content (AvgIpc) is 3.04. The number of ketones is 1. The Bertz CT molecular complexity index is 1250. The molecule has 7 heteroatoms. The molecule has 1 aliphatic rings. The monoisotopic (exact) mass is 495 g/mol. The molecule has 32 heavy (non-hydrogen) atoms. The minimum atomic E-state index is -0.918. The third-order valence-corrected chi connectivity index (χ3v) is 5.95. The summed E-state index contributed by atoms with van der Waals surface area (Å²) in [6.45, 7) is 1.88. The first-order chi connectivity index (χ1) is 15.3. The van der Waals surface area contributed by atoms with Crippen LogP contribution in [-0.2, 0) is 9.59 Å². The highest BCUT2D eigenvalue weighted by Crippen LogP contribution is 2.42. The quantitative estimate of drug-likeness (QED) is 0.293. The molecule has 1 N–H and O–H groups in total. The number of aliphatic hydroxyl groups excluding tert-OH is 1. The molecule has 0 saturated carbocycles. The van der Waals surface area contributed by atoms with Crippen LogP contribution in [0.25, 0.3) is 5.76 Å². The number of anilines is 1. The Hall–Kier alpha value is -3.45. The van der Waals surface area contributed by atoms with Crippen molar-refractivity contribution in [3.63, 3.8) is 0 Å². The lowest BCUT2D eigenvalue weighted by Gasteiger charge is -2.25. The second kappa shape index (κ2) is 8.59. The van der Waals surface area contributed by atoms with E-state index in [-0.39, 0.29) is 11.3 Å². The van der Waals surface area contributed by atoms with Crippen LogP contribution in [0.4, 0.5) is 10.1 Å². The average molecular weight is 496 g/mol. The number of benzene rings is 3. The Balaban J connectivity index is 1.94. The van der Waals surface area contributed by atoms with Crippen LogP contribution >= 0.6 is 15.9 Å². The molecule has 1 atom stereocenters. The zero-order valence-corrected chi connectivity index (χ0v) is 18.9. The molecule has 162 valence electrons. The van der Waals surface area contributed by atoms with Crippen molar-refractivity contribution >= 4 is 39.1 Å². The second-order valence-electron chi connectivity index (χ2n) is 7.41. The number of aliphatic hydroxyl groups is 1. The Labute approximate surface area is 192 Å². The van der Waals surface area contributed by atoms with Crippen LogP contribution < -0.4 is 9.64 Å². The van der Waals surface area contributed by atoms with Crippen LogP contribution in [0.1, 0.15) is 22.7 Å². The van der Waals surface area contributed by atoms with Gasteiger partial charge in [0.25, 0.3) is 11.7 Å². The van der Waals surface area contributed by atoms with Crippen molar-refractivity contribution in [1.29, 1.82) is 0 Å². The number of carbonyl (C=O) groups excluding carboxylic acids is 2. The van der Waals surface area contributed by atoms with Crippen molar-refractivity contribution < 1.29 is 23.8 Å². The van der Waals surface area contributed by atoms with Gasteiger partial charge in [0.2, 0.25) is 0 Å². The second-order valence-corrected chi connectivity index (χ2v) is 8.26. The fourth-order valence-corrected chi connectivity index (χ4v) is 4.35. The van der Waals surface area contributed by atoms with Gasteiger partial charge in [-0.3, -0.25) is 14.5 Å². The highest BCUT2D eigenvalue weighted by Gasteiger charge is 2.47. The maximum absolute atomic E-state index is 13.6. The fraction of sp³-hybridized carbons (Fsp3) is 0.120. The zero-order valence-electron chi connectivity index (χ0n) is 17.3. The third kappa shape index (κ3) is 3.80. The molecule has 3 aromatic carbocycles. The SMILES string of the molecule is COc1ccc(/C(O)=C2/C(=O)C(=O)N(c3cccc(C)c3)C2c2ccc(F)cc2)cc1Br. The van der Waals surface area contributed by atoms with E-state index in [0.717, 1.165) is 5.56 Å². The number of Topliss-reactive ketones (excluding diaryl/α,β-unsaturated/α-hetero) is 1. The molecule has 0 bridgehead atoms. The Kier molecular flexibility index (Phi) is 5.84. The van der Waals surface area contributed by atoms with Crippen LogP contribution in [0, 0.1) is 12.7 Å². The molecule has 0 spiro atoms. The molecule has 3 aromatic rings. The maximum atomic E-state index is 13.6. The number of methoxy groups -OCH3 is 1. The number of aryl methyl sites for hydroxylation is 1.